The van der Waals surface area contributed by atoms with Gasteiger partial charge in [0, 0.05) is 41.3 Å². The normalized spacial score (nSPS) is 24.1. The number of H-pyrrole nitrogens is 1. The molecule has 1 aliphatic carbocycles. The fourth-order valence-corrected chi connectivity index (χ4v) is 4.93. The number of likely N-dealkylation sites (tertiary alicyclic amines) is 1. The lowest BCUT2D eigenvalue weighted by Gasteiger charge is -2.23. The summed E-state index contributed by atoms with van der Waals surface area (Å²) in [6.07, 6.45) is 4.66. The topological polar surface area (TPSA) is 100 Å². The zero-order valence-electron chi connectivity index (χ0n) is 16.8. The number of thiazole rings is 1. The molecule has 156 valence electrons. The molecule has 0 bridgehead atoms. The molecule has 0 radical (unpaired) electrons. The van der Waals surface area contributed by atoms with E-state index in [1.807, 2.05) is 23.3 Å². The van der Waals surface area contributed by atoms with Crippen LogP contribution in [0.3, 0.4) is 0 Å². The number of rotatable bonds is 5. The largest absolute Gasteiger partial charge is 0.446 e. The maximum absolute atomic E-state index is 12.4. The van der Waals surface area contributed by atoms with E-state index in [2.05, 4.69) is 27.4 Å². The van der Waals surface area contributed by atoms with Gasteiger partial charge in [-0.3, -0.25) is 9.89 Å². The van der Waals surface area contributed by atoms with Crippen molar-refractivity contribution >= 4 is 29.2 Å². The summed E-state index contributed by atoms with van der Waals surface area (Å²) < 4.78 is 5.73. The van der Waals surface area contributed by atoms with Crippen molar-refractivity contribution in [1.82, 2.24) is 20.1 Å². The summed E-state index contributed by atoms with van der Waals surface area (Å²) in [4.78, 5) is 30.7. The number of aryl methyl sites for hydroxylation is 1. The van der Waals surface area contributed by atoms with Gasteiger partial charge >= 0.3 is 6.09 Å². The van der Waals surface area contributed by atoms with Gasteiger partial charge in [0.2, 0.25) is 5.91 Å². The number of hydrogen-bond acceptors (Lipinski definition) is 6. The van der Waals surface area contributed by atoms with Gasteiger partial charge in [0.25, 0.3) is 0 Å². The highest BCUT2D eigenvalue weighted by Gasteiger charge is 2.33. The highest BCUT2D eigenvalue weighted by molar-refractivity contribution is 7.09. The fraction of sp³-hybridized carbons (Fsp3) is 0.600. The van der Waals surface area contributed by atoms with Crippen molar-refractivity contribution in [2.45, 2.75) is 70.4 Å². The summed E-state index contributed by atoms with van der Waals surface area (Å²) in [5.41, 5.74) is 1.90. The summed E-state index contributed by atoms with van der Waals surface area (Å²) >= 11 is 1.48. The van der Waals surface area contributed by atoms with Crippen LogP contribution < -0.4 is 5.32 Å². The number of aromatic amines is 1. The number of nitrogens with one attached hydrogen (secondary N) is 2. The number of ether oxygens (including phenoxy) is 1. The molecule has 9 heteroatoms. The smallest absolute Gasteiger partial charge is 0.410 e. The van der Waals surface area contributed by atoms with E-state index in [1.54, 1.807) is 0 Å². The molecule has 0 spiro atoms. The van der Waals surface area contributed by atoms with E-state index in [1.165, 1.54) is 11.3 Å². The van der Waals surface area contributed by atoms with E-state index >= 15 is 0 Å². The Hall–Kier alpha value is -2.42. The second kappa shape index (κ2) is 8.52. The van der Waals surface area contributed by atoms with Crippen molar-refractivity contribution < 1.29 is 14.3 Å². The van der Waals surface area contributed by atoms with Gasteiger partial charge in [-0.25, -0.2) is 9.78 Å². The maximum Gasteiger partial charge on any atom is 0.410 e. The van der Waals surface area contributed by atoms with Crippen molar-refractivity contribution in [1.29, 1.82) is 0 Å². The van der Waals surface area contributed by atoms with Crippen LogP contribution in [0.25, 0.3) is 0 Å². The minimum absolute atomic E-state index is 0.0604. The molecule has 1 saturated heterocycles. The zero-order valence-corrected chi connectivity index (χ0v) is 17.6. The molecule has 2 aromatic rings. The first kappa shape index (κ1) is 19.9. The van der Waals surface area contributed by atoms with Crippen LogP contribution in [0.2, 0.25) is 0 Å². The van der Waals surface area contributed by atoms with Crippen LogP contribution >= 0.6 is 11.3 Å². The van der Waals surface area contributed by atoms with Crippen LogP contribution in [0, 0.1) is 6.92 Å². The fourth-order valence-electron chi connectivity index (χ4n) is 4.16. The first-order valence-electron chi connectivity index (χ1n) is 10.2. The van der Waals surface area contributed by atoms with Crippen LogP contribution in [0.1, 0.15) is 61.3 Å². The van der Waals surface area contributed by atoms with Crippen LogP contribution in [-0.4, -0.2) is 50.8 Å². The van der Waals surface area contributed by atoms with E-state index in [0.717, 1.165) is 55.0 Å². The Labute approximate surface area is 174 Å². The average molecular weight is 418 g/mol. The second-order valence-electron chi connectivity index (χ2n) is 8.02. The van der Waals surface area contributed by atoms with Gasteiger partial charge in [0.1, 0.15) is 11.1 Å². The molecular weight excluding hydrogens is 390 g/mol. The van der Waals surface area contributed by atoms with E-state index in [-0.39, 0.29) is 36.5 Å². The molecule has 2 amide bonds. The number of carbonyl (C=O) groups excluding carboxylic acids is 2. The molecule has 2 N–H and O–H groups in total. The molecule has 8 nitrogen and oxygen atoms in total. The molecule has 3 heterocycles. The number of carbonyl (C=O) groups is 2. The Morgan fingerprint density at radius 1 is 1.38 bits per heavy atom. The summed E-state index contributed by atoms with van der Waals surface area (Å²) in [7, 11) is 0. The van der Waals surface area contributed by atoms with Crippen LogP contribution in [0.15, 0.2) is 11.4 Å². The zero-order chi connectivity index (χ0) is 20.4. The lowest BCUT2D eigenvalue weighted by molar-refractivity contribution is -0.115. The highest BCUT2D eigenvalue weighted by atomic mass is 32.1. The van der Waals surface area contributed by atoms with E-state index in [9.17, 15) is 9.59 Å². The van der Waals surface area contributed by atoms with Crippen molar-refractivity contribution in [2.75, 3.05) is 11.9 Å². The van der Waals surface area contributed by atoms with Gasteiger partial charge in [-0.2, -0.15) is 5.10 Å². The third-order valence-corrected chi connectivity index (χ3v) is 6.69. The molecule has 1 aliphatic heterocycles. The molecule has 0 aromatic carbocycles. The standard InChI is InChI=1S/C20H27N5O3S/c1-12-11-29-19(21-12)10-18(26)22-17-9-16(23-24-17)14-5-6-15(8-14)28-20(27)25-7-3-4-13(25)2/h9,11,13-15H,3-8,10H2,1-2H3,(H2,22,23,24,26)/t13-,14-,15+/m0/s1. The molecule has 0 unspecified atom stereocenters. The van der Waals surface area contributed by atoms with Gasteiger partial charge in [-0.05, 0) is 46.0 Å². The van der Waals surface area contributed by atoms with Gasteiger partial charge in [0.15, 0.2) is 5.82 Å². The van der Waals surface area contributed by atoms with Gasteiger partial charge < -0.3 is 15.0 Å². The van der Waals surface area contributed by atoms with Gasteiger partial charge in [-0.15, -0.1) is 11.3 Å². The summed E-state index contributed by atoms with van der Waals surface area (Å²) in [6, 6.07) is 2.15. The average Bonchev–Trinajstić information content (AvgIpc) is 3.44. The lowest BCUT2D eigenvalue weighted by atomic mass is 10.0. The summed E-state index contributed by atoms with van der Waals surface area (Å²) in [5.74, 6) is 0.642. The predicted molar refractivity (Wildman–Crippen MR) is 110 cm³/mol. The van der Waals surface area contributed by atoms with E-state index in [0.29, 0.717) is 5.82 Å². The quantitative estimate of drug-likeness (QED) is 0.774. The van der Waals surface area contributed by atoms with E-state index < -0.39 is 0 Å². The second-order valence-corrected chi connectivity index (χ2v) is 8.96. The van der Waals surface area contributed by atoms with E-state index in [4.69, 9.17) is 4.74 Å². The van der Waals surface area contributed by atoms with Gasteiger partial charge in [0.05, 0.1) is 6.42 Å². The minimum atomic E-state index is -0.185. The summed E-state index contributed by atoms with van der Waals surface area (Å²) in [6.45, 7) is 4.78. The number of aromatic nitrogens is 3. The molecule has 2 fully saturated rings. The van der Waals surface area contributed by atoms with Crippen molar-refractivity contribution in [3.05, 3.63) is 27.8 Å². The van der Waals surface area contributed by atoms with Crippen LogP contribution in [0.4, 0.5) is 10.6 Å². The Morgan fingerprint density at radius 2 is 2.24 bits per heavy atom. The Balaban J connectivity index is 1.27. The molecule has 29 heavy (non-hydrogen) atoms. The number of hydrogen-bond donors (Lipinski definition) is 2. The molecule has 1 saturated carbocycles. The third kappa shape index (κ3) is 4.77. The Kier molecular flexibility index (Phi) is 5.84. The van der Waals surface area contributed by atoms with Gasteiger partial charge in [-0.1, -0.05) is 0 Å². The van der Waals surface area contributed by atoms with Crippen LogP contribution in [-0.2, 0) is 16.0 Å². The number of nitrogens with zero attached hydrogens (tertiary/aromatic N) is 3. The summed E-state index contributed by atoms with van der Waals surface area (Å²) in [5, 5.41) is 12.8. The maximum atomic E-state index is 12.4. The SMILES string of the molecule is Cc1csc(CC(=O)Nc2cc([C@H]3CC[C@@H](OC(=O)N4CCC[C@@H]4C)C3)[nH]n2)n1. The molecule has 3 atom stereocenters. The first-order valence-corrected chi connectivity index (χ1v) is 11.1. The number of anilines is 1. The molecule has 2 aliphatic rings. The Morgan fingerprint density at radius 3 is 2.97 bits per heavy atom. The van der Waals surface area contributed by atoms with Crippen molar-refractivity contribution in [3.63, 3.8) is 0 Å². The Bertz CT molecular complexity index is 879. The monoisotopic (exact) mass is 417 g/mol. The number of amides is 2. The molecule has 2 aromatic heterocycles. The van der Waals surface area contributed by atoms with Crippen molar-refractivity contribution in [2.24, 2.45) is 0 Å². The minimum Gasteiger partial charge on any atom is -0.446 e. The van der Waals surface area contributed by atoms with Crippen molar-refractivity contribution in [3.8, 4) is 0 Å². The lowest BCUT2D eigenvalue weighted by Crippen LogP contribution is -2.36. The van der Waals surface area contributed by atoms with Crippen LogP contribution in [0.5, 0.6) is 0 Å². The molecule has 4 rings (SSSR count). The predicted octanol–water partition coefficient (Wildman–Crippen LogP) is 3.61. The molecular formula is C20H27N5O3S. The highest BCUT2D eigenvalue weighted by Crippen LogP contribution is 2.36. The third-order valence-electron chi connectivity index (χ3n) is 5.72. The first-order chi connectivity index (χ1) is 14.0.